The number of rotatable bonds is 4. The fourth-order valence-corrected chi connectivity index (χ4v) is 6.49. The van der Waals surface area contributed by atoms with Gasteiger partial charge in [-0.1, -0.05) is 19.9 Å². The summed E-state index contributed by atoms with van der Waals surface area (Å²) in [5.41, 5.74) is 4.76. The van der Waals surface area contributed by atoms with Crippen LogP contribution in [0.5, 0.6) is 0 Å². The Morgan fingerprint density at radius 1 is 1.00 bits per heavy atom. The molecular formula is C28H40N4O3S. The van der Waals surface area contributed by atoms with E-state index >= 15 is 0 Å². The molecule has 3 aliphatic rings. The van der Waals surface area contributed by atoms with Crippen LogP contribution in [0, 0.1) is 12.3 Å². The van der Waals surface area contributed by atoms with Crippen LogP contribution in [0.2, 0.25) is 0 Å². The van der Waals surface area contributed by atoms with E-state index in [0.29, 0.717) is 35.4 Å². The Hall–Kier alpha value is -2.61. The lowest BCUT2D eigenvalue weighted by molar-refractivity contribution is 0.102. The molecule has 0 unspecified atom stereocenters. The minimum absolute atomic E-state index is 0.225. The molecule has 8 heteroatoms. The Balaban J connectivity index is 0.00000148. The number of carbonyl (C=O) groups excluding carboxylic acids is 1. The highest BCUT2D eigenvalue weighted by Crippen LogP contribution is 2.54. The number of carbonyl (C=O) groups is 1. The zero-order valence-corrected chi connectivity index (χ0v) is 23.3. The number of anilines is 3. The van der Waals surface area contributed by atoms with Gasteiger partial charge >= 0.3 is 0 Å². The third-order valence-corrected chi connectivity index (χ3v) is 10.1. The molecule has 0 atom stereocenters. The van der Waals surface area contributed by atoms with Gasteiger partial charge in [0.25, 0.3) is 5.91 Å². The lowest BCUT2D eigenvalue weighted by atomic mass is 9.92. The predicted octanol–water partition coefficient (Wildman–Crippen LogP) is 5.54. The zero-order chi connectivity index (χ0) is 26.3. The highest BCUT2D eigenvalue weighted by molar-refractivity contribution is 7.94. The number of piperidine rings is 1. The normalized spacial score (nSPS) is 18.4. The third-order valence-electron chi connectivity index (χ3n) is 7.64. The monoisotopic (exact) mass is 512 g/mol. The van der Waals surface area contributed by atoms with Gasteiger partial charge in [-0.3, -0.25) is 9.10 Å². The summed E-state index contributed by atoms with van der Waals surface area (Å²) >= 11 is 0. The second-order valence-electron chi connectivity index (χ2n) is 11.1. The highest BCUT2D eigenvalue weighted by Gasteiger charge is 2.44. The van der Waals surface area contributed by atoms with Crippen LogP contribution in [0.3, 0.4) is 0 Å². The van der Waals surface area contributed by atoms with Crippen LogP contribution in [0.15, 0.2) is 30.5 Å². The van der Waals surface area contributed by atoms with Crippen molar-refractivity contribution >= 4 is 33.1 Å². The molecule has 0 bridgehead atoms. The number of aromatic nitrogens is 1. The van der Waals surface area contributed by atoms with Gasteiger partial charge in [-0.05, 0) is 88.5 Å². The van der Waals surface area contributed by atoms with Gasteiger partial charge in [0.15, 0.2) is 0 Å². The molecule has 1 aromatic carbocycles. The van der Waals surface area contributed by atoms with Gasteiger partial charge in [0.2, 0.25) is 10.0 Å². The molecule has 1 saturated carbocycles. The first-order chi connectivity index (χ1) is 17.0. The van der Waals surface area contributed by atoms with Gasteiger partial charge in [0, 0.05) is 37.6 Å². The van der Waals surface area contributed by atoms with E-state index in [1.54, 1.807) is 33.0 Å². The van der Waals surface area contributed by atoms with Gasteiger partial charge < -0.3 is 10.2 Å². The summed E-state index contributed by atoms with van der Waals surface area (Å²) < 4.78 is 26.7. The fourth-order valence-electron chi connectivity index (χ4n) is 5.07. The molecule has 1 amide bonds. The van der Waals surface area contributed by atoms with Crippen molar-refractivity contribution in [2.75, 3.05) is 34.2 Å². The van der Waals surface area contributed by atoms with Crippen molar-refractivity contribution in [2.24, 2.45) is 5.41 Å². The molecule has 36 heavy (non-hydrogen) atoms. The summed E-state index contributed by atoms with van der Waals surface area (Å²) in [4.78, 5) is 20.1. The Morgan fingerprint density at radius 2 is 1.67 bits per heavy atom. The van der Waals surface area contributed by atoms with Crippen LogP contribution >= 0.6 is 0 Å². The standard InChI is InChI=1S/C26H34N4O3S.C2H6/c1-18-5-6-20(22(15-18)29-13-10-26(8-9-26)11-14-29)24(31)28-23-16-21-19(17-27-23)7-12-30(21)34(32,33)25(2,3)4;1-2/h5-6,15-17H,7-14H2,1-4H3,(H,27,28,31);1-2H3. The number of nitrogens with one attached hydrogen (secondary N) is 1. The summed E-state index contributed by atoms with van der Waals surface area (Å²) in [6.07, 6.45) is 7.35. The van der Waals surface area contributed by atoms with Crippen LogP contribution in [-0.4, -0.2) is 43.7 Å². The van der Waals surface area contributed by atoms with Crippen LogP contribution in [-0.2, 0) is 16.4 Å². The van der Waals surface area contributed by atoms with Crippen molar-refractivity contribution < 1.29 is 13.2 Å². The number of hydrogen-bond donors (Lipinski definition) is 1. The Labute approximate surface area is 216 Å². The average Bonchev–Trinajstić information content (AvgIpc) is 3.45. The number of hydrogen-bond acceptors (Lipinski definition) is 5. The van der Waals surface area contributed by atoms with Crippen molar-refractivity contribution in [3.05, 3.63) is 47.2 Å². The van der Waals surface area contributed by atoms with E-state index in [4.69, 9.17) is 0 Å². The van der Waals surface area contributed by atoms with Crippen molar-refractivity contribution in [1.82, 2.24) is 4.98 Å². The highest BCUT2D eigenvalue weighted by atomic mass is 32.2. The summed E-state index contributed by atoms with van der Waals surface area (Å²) in [6, 6.07) is 7.62. The molecule has 7 nitrogen and oxygen atoms in total. The summed E-state index contributed by atoms with van der Waals surface area (Å²) in [6.45, 7) is 13.5. The Bertz CT molecular complexity index is 1240. The van der Waals surface area contributed by atoms with Gasteiger partial charge in [-0.2, -0.15) is 0 Å². The van der Waals surface area contributed by atoms with E-state index in [1.165, 1.54) is 30.0 Å². The van der Waals surface area contributed by atoms with E-state index < -0.39 is 14.8 Å². The van der Waals surface area contributed by atoms with Gasteiger partial charge in [-0.15, -0.1) is 0 Å². The van der Waals surface area contributed by atoms with Gasteiger partial charge in [0.1, 0.15) is 5.82 Å². The second kappa shape index (κ2) is 9.69. The molecule has 2 aromatic rings. The predicted molar refractivity (Wildman–Crippen MR) is 148 cm³/mol. The number of sulfonamides is 1. The molecule has 1 spiro atoms. The molecule has 2 fully saturated rings. The number of pyridine rings is 1. The number of amides is 1. The number of benzene rings is 1. The number of fused-ring (bicyclic) bond motifs is 1. The second-order valence-corrected chi connectivity index (χ2v) is 13.7. The van der Waals surface area contributed by atoms with E-state index in [2.05, 4.69) is 21.3 Å². The number of nitrogens with zero attached hydrogens (tertiary/aromatic N) is 3. The van der Waals surface area contributed by atoms with E-state index in [0.717, 1.165) is 29.9 Å². The lowest BCUT2D eigenvalue weighted by Crippen LogP contribution is -2.42. The van der Waals surface area contributed by atoms with Crippen molar-refractivity contribution in [3.63, 3.8) is 0 Å². The molecule has 1 aromatic heterocycles. The van der Waals surface area contributed by atoms with Crippen LogP contribution in [0.4, 0.5) is 17.2 Å². The van der Waals surface area contributed by atoms with Crippen molar-refractivity contribution in [1.29, 1.82) is 0 Å². The first-order valence-corrected chi connectivity index (χ1v) is 14.6. The van der Waals surface area contributed by atoms with Crippen LogP contribution in [0.25, 0.3) is 0 Å². The van der Waals surface area contributed by atoms with Crippen LogP contribution < -0.4 is 14.5 Å². The third kappa shape index (κ3) is 4.97. The summed E-state index contributed by atoms with van der Waals surface area (Å²) in [5.74, 6) is 0.138. The minimum atomic E-state index is -3.53. The maximum Gasteiger partial charge on any atom is 0.258 e. The van der Waals surface area contributed by atoms with E-state index in [9.17, 15) is 13.2 Å². The van der Waals surface area contributed by atoms with Gasteiger partial charge in [0.05, 0.1) is 16.0 Å². The molecule has 1 saturated heterocycles. The molecule has 2 aliphatic heterocycles. The quantitative estimate of drug-likeness (QED) is 0.582. The minimum Gasteiger partial charge on any atom is -0.371 e. The largest absolute Gasteiger partial charge is 0.371 e. The molecule has 3 heterocycles. The molecule has 1 aliphatic carbocycles. The van der Waals surface area contributed by atoms with Crippen LogP contribution in [0.1, 0.15) is 81.8 Å². The van der Waals surface area contributed by atoms with E-state index in [1.807, 2.05) is 32.9 Å². The lowest BCUT2D eigenvalue weighted by Gasteiger charge is -2.35. The van der Waals surface area contributed by atoms with E-state index in [-0.39, 0.29) is 5.91 Å². The summed E-state index contributed by atoms with van der Waals surface area (Å²) in [5, 5.41) is 2.93. The molecule has 196 valence electrons. The first-order valence-electron chi connectivity index (χ1n) is 13.2. The SMILES string of the molecule is CC.Cc1ccc(C(=O)Nc2cc3c(cn2)CCN3S(=O)(=O)C(C)(C)C)c(N2CCC3(CC2)CC3)c1. The zero-order valence-electron chi connectivity index (χ0n) is 22.5. The fraction of sp³-hybridized carbons (Fsp3) is 0.571. The molecule has 0 radical (unpaired) electrons. The molecule has 5 rings (SSSR count). The topological polar surface area (TPSA) is 82.6 Å². The average molecular weight is 513 g/mol. The first kappa shape index (κ1) is 26.5. The Kier molecular flexibility index (Phi) is 7.12. The smallest absolute Gasteiger partial charge is 0.258 e. The Morgan fingerprint density at radius 3 is 2.28 bits per heavy atom. The number of aryl methyl sites for hydroxylation is 1. The maximum absolute atomic E-state index is 13.4. The van der Waals surface area contributed by atoms with Gasteiger partial charge in [-0.25, -0.2) is 13.4 Å². The summed E-state index contributed by atoms with van der Waals surface area (Å²) in [7, 11) is -3.53. The molecule has 1 N–H and O–H groups in total. The maximum atomic E-state index is 13.4. The van der Waals surface area contributed by atoms with Crippen molar-refractivity contribution in [2.45, 2.75) is 78.4 Å². The molecular weight excluding hydrogens is 472 g/mol. The van der Waals surface area contributed by atoms with Crippen molar-refractivity contribution in [3.8, 4) is 0 Å².